The number of hydrogen-bond acceptors (Lipinski definition) is 1. The first-order valence-electron chi connectivity index (χ1n) is 5.75. The predicted octanol–water partition coefficient (Wildman–Crippen LogP) is 3.97. The SMILES string of the molecule is CC1CC(C)N(C(=O)c2ccc(Br)c(Cl)c2)C1. The molecule has 1 aromatic rings. The summed E-state index contributed by atoms with van der Waals surface area (Å²) >= 11 is 9.34. The molecule has 0 bridgehead atoms. The summed E-state index contributed by atoms with van der Waals surface area (Å²) in [5.41, 5.74) is 0.666. The van der Waals surface area contributed by atoms with Gasteiger partial charge in [-0.2, -0.15) is 0 Å². The van der Waals surface area contributed by atoms with Crippen LogP contribution in [0, 0.1) is 5.92 Å². The molecule has 1 saturated heterocycles. The van der Waals surface area contributed by atoms with E-state index in [0.717, 1.165) is 17.4 Å². The number of hydrogen-bond donors (Lipinski definition) is 0. The topological polar surface area (TPSA) is 20.3 Å². The lowest BCUT2D eigenvalue weighted by molar-refractivity contribution is 0.0744. The van der Waals surface area contributed by atoms with Gasteiger partial charge in [0, 0.05) is 22.6 Å². The molecule has 0 radical (unpaired) electrons. The summed E-state index contributed by atoms with van der Waals surface area (Å²) in [4.78, 5) is 14.3. The summed E-state index contributed by atoms with van der Waals surface area (Å²) < 4.78 is 0.818. The number of nitrogens with zero attached hydrogens (tertiary/aromatic N) is 1. The highest BCUT2D eigenvalue weighted by Crippen LogP contribution is 2.27. The molecule has 4 heteroatoms. The highest BCUT2D eigenvalue weighted by molar-refractivity contribution is 9.10. The summed E-state index contributed by atoms with van der Waals surface area (Å²) in [5, 5.41) is 0.579. The number of likely N-dealkylation sites (tertiary alicyclic amines) is 1. The van der Waals surface area contributed by atoms with Crippen LogP contribution in [0.15, 0.2) is 22.7 Å². The maximum atomic E-state index is 12.3. The van der Waals surface area contributed by atoms with Gasteiger partial charge in [-0.15, -0.1) is 0 Å². The lowest BCUT2D eigenvalue weighted by atomic mass is 10.1. The van der Waals surface area contributed by atoms with E-state index in [0.29, 0.717) is 22.5 Å². The van der Waals surface area contributed by atoms with Gasteiger partial charge in [-0.25, -0.2) is 0 Å². The minimum absolute atomic E-state index is 0.0799. The normalized spacial score (nSPS) is 24.1. The number of amides is 1. The summed E-state index contributed by atoms with van der Waals surface area (Å²) in [6.45, 7) is 5.12. The van der Waals surface area contributed by atoms with Crippen molar-refractivity contribution >= 4 is 33.4 Å². The predicted molar refractivity (Wildman–Crippen MR) is 73.4 cm³/mol. The van der Waals surface area contributed by atoms with Crippen LogP contribution in [0.3, 0.4) is 0 Å². The Morgan fingerprint density at radius 3 is 2.71 bits per heavy atom. The van der Waals surface area contributed by atoms with Crippen molar-refractivity contribution in [3.63, 3.8) is 0 Å². The molecule has 2 nitrogen and oxygen atoms in total. The highest BCUT2D eigenvalue weighted by atomic mass is 79.9. The van der Waals surface area contributed by atoms with E-state index in [1.54, 1.807) is 6.07 Å². The van der Waals surface area contributed by atoms with Crippen molar-refractivity contribution in [1.82, 2.24) is 4.90 Å². The Kier molecular flexibility index (Phi) is 3.79. The van der Waals surface area contributed by atoms with E-state index >= 15 is 0 Å². The van der Waals surface area contributed by atoms with E-state index in [1.165, 1.54) is 0 Å². The average Bonchev–Trinajstić information content (AvgIpc) is 2.61. The monoisotopic (exact) mass is 315 g/mol. The van der Waals surface area contributed by atoms with Gasteiger partial charge in [0.25, 0.3) is 5.91 Å². The Balaban J connectivity index is 2.22. The summed E-state index contributed by atoms with van der Waals surface area (Å²) in [6.07, 6.45) is 1.08. The third-order valence-corrected chi connectivity index (χ3v) is 4.44. The highest BCUT2D eigenvalue weighted by Gasteiger charge is 2.30. The Morgan fingerprint density at radius 2 is 2.18 bits per heavy atom. The van der Waals surface area contributed by atoms with Crippen molar-refractivity contribution in [3.05, 3.63) is 33.3 Å². The van der Waals surface area contributed by atoms with Crippen LogP contribution >= 0.6 is 27.5 Å². The zero-order valence-electron chi connectivity index (χ0n) is 9.91. The first-order valence-corrected chi connectivity index (χ1v) is 6.92. The number of rotatable bonds is 1. The summed E-state index contributed by atoms with van der Waals surface area (Å²) in [5.74, 6) is 0.663. The lowest BCUT2D eigenvalue weighted by Crippen LogP contribution is -2.33. The van der Waals surface area contributed by atoms with E-state index in [9.17, 15) is 4.79 Å². The largest absolute Gasteiger partial charge is 0.336 e. The second kappa shape index (κ2) is 4.99. The van der Waals surface area contributed by atoms with E-state index in [4.69, 9.17) is 11.6 Å². The standard InChI is InChI=1S/C13H15BrClNO/c1-8-5-9(2)16(7-8)13(17)10-3-4-11(14)12(15)6-10/h3-4,6,8-9H,5,7H2,1-2H3. The van der Waals surface area contributed by atoms with Crippen molar-refractivity contribution in [2.24, 2.45) is 5.92 Å². The maximum absolute atomic E-state index is 12.3. The van der Waals surface area contributed by atoms with Gasteiger partial charge in [0.05, 0.1) is 5.02 Å². The Morgan fingerprint density at radius 1 is 1.47 bits per heavy atom. The molecule has 0 saturated carbocycles. The molecule has 1 fully saturated rings. The van der Waals surface area contributed by atoms with E-state index in [-0.39, 0.29) is 5.91 Å². The Bertz CT molecular complexity index is 449. The van der Waals surface area contributed by atoms with Gasteiger partial charge in [0.1, 0.15) is 0 Å². The van der Waals surface area contributed by atoms with Gasteiger partial charge < -0.3 is 4.90 Å². The molecule has 2 unspecified atom stereocenters. The molecular formula is C13H15BrClNO. The molecule has 0 aliphatic carbocycles. The van der Waals surface area contributed by atoms with Gasteiger partial charge >= 0.3 is 0 Å². The van der Waals surface area contributed by atoms with Crippen LogP contribution in [0.1, 0.15) is 30.6 Å². The minimum atomic E-state index is 0.0799. The number of benzene rings is 1. The quantitative estimate of drug-likeness (QED) is 0.767. The van der Waals surface area contributed by atoms with Crippen molar-refractivity contribution in [1.29, 1.82) is 0 Å². The lowest BCUT2D eigenvalue weighted by Gasteiger charge is -2.21. The molecule has 1 aromatic carbocycles. The van der Waals surface area contributed by atoms with Gasteiger partial charge in [0.15, 0.2) is 0 Å². The number of carbonyl (C=O) groups excluding carboxylic acids is 1. The van der Waals surface area contributed by atoms with Crippen LogP contribution in [0.2, 0.25) is 5.02 Å². The molecule has 2 atom stereocenters. The molecule has 0 aromatic heterocycles. The number of carbonyl (C=O) groups is 1. The van der Waals surface area contributed by atoms with Crippen molar-refractivity contribution in [2.75, 3.05) is 6.54 Å². The van der Waals surface area contributed by atoms with Gasteiger partial charge in [0.2, 0.25) is 0 Å². The van der Waals surface area contributed by atoms with Gasteiger partial charge in [-0.1, -0.05) is 18.5 Å². The van der Waals surface area contributed by atoms with Gasteiger partial charge in [-0.05, 0) is 53.4 Å². The Hall–Kier alpha value is -0.540. The molecule has 17 heavy (non-hydrogen) atoms. The molecule has 1 aliphatic rings. The van der Waals surface area contributed by atoms with E-state index < -0.39 is 0 Å². The third-order valence-electron chi connectivity index (χ3n) is 3.21. The van der Waals surface area contributed by atoms with Crippen molar-refractivity contribution < 1.29 is 4.79 Å². The fourth-order valence-electron chi connectivity index (χ4n) is 2.38. The number of halogens is 2. The molecular weight excluding hydrogens is 302 g/mol. The van der Waals surface area contributed by atoms with Crippen LogP contribution in [-0.2, 0) is 0 Å². The molecule has 1 aliphatic heterocycles. The van der Waals surface area contributed by atoms with Crippen LogP contribution in [0.5, 0.6) is 0 Å². The fraction of sp³-hybridized carbons (Fsp3) is 0.462. The fourth-order valence-corrected chi connectivity index (χ4v) is 2.81. The van der Waals surface area contributed by atoms with E-state index in [2.05, 4.69) is 29.8 Å². The first kappa shape index (κ1) is 12.9. The summed E-state index contributed by atoms with van der Waals surface area (Å²) in [6, 6.07) is 5.68. The van der Waals surface area contributed by atoms with Crippen molar-refractivity contribution in [2.45, 2.75) is 26.3 Å². The molecule has 1 amide bonds. The second-order valence-electron chi connectivity index (χ2n) is 4.78. The van der Waals surface area contributed by atoms with Crippen molar-refractivity contribution in [3.8, 4) is 0 Å². The summed E-state index contributed by atoms with van der Waals surface area (Å²) in [7, 11) is 0. The van der Waals surface area contributed by atoms with Crippen LogP contribution < -0.4 is 0 Å². The van der Waals surface area contributed by atoms with Crippen LogP contribution in [-0.4, -0.2) is 23.4 Å². The van der Waals surface area contributed by atoms with Crippen LogP contribution in [0.25, 0.3) is 0 Å². The first-order chi connectivity index (χ1) is 7.99. The maximum Gasteiger partial charge on any atom is 0.254 e. The van der Waals surface area contributed by atoms with Crippen LogP contribution in [0.4, 0.5) is 0 Å². The molecule has 2 rings (SSSR count). The second-order valence-corrected chi connectivity index (χ2v) is 6.04. The average molecular weight is 317 g/mol. The third kappa shape index (κ3) is 2.66. The Labute approximate surface area is 115 Å². The zero-order valence-corrected chi connectivity index (χ0v) is 12.3. The molecule has 92 valence electrons. The zero-order chi connectivity index (χ0) is 12.6. The van der Waals surface area contributed by atoms with Gasteiger partial charge in [-0.3, -0.25) is 4.79 Å². The minimum Gasteiger partial charge on any atom is -0.336 e. The molecule has 1 heterocycles. The van der Waals surface area contributed by atoms with E-state index in [1.807, 2.05) is 17.0 Å². The smallest absolute Gasteiger partial charge is 0.254 e. The molecule has 0 spiro atoms. The molecule has 0 N–H and O–H groups in total.